The van der Waals surface area contributed by atoms with Gasteiger partial charge in [-0.15, -0.1) is 0 Å². The van der Waals surface area contributed by atoms with Gasteiger partial charge in [0.2, 0.25) is 0 Å². The van der Waals surface area contributed by atoms with E-state index < -0.39 is 67.6 Å². The molecule has 22 heavy (non-hydrogen) atoms. The van der Waals surface area contributed by atoms with Crippen LogP contribution >= 0.6 is 0 Å². The Kier molecular flexibility index (Phi) is 5.79. The molecule has 0 aromatic carbocycles. The highest BCUT2D eigenvalue weighted by molar-refractivity contribution is 4.93. The van der Waals surface area contributed by atoms with Crippen LogP contribution in [0.25, 0.3) is 0 Å². The molecule has 0 aliphatic carbocycles. The Balaban J connectivity index is 2.06. The van der Waals surface area contributed by atoms with Crippen molar-refractivity contribution < 1.29 is 39.7 Å². The summed E-state index contributed by atoms with van der Waals surface area (Å²) in [6.07, 6.45) is -8.36. The number of aliphatic hydroxyl groups excluding tert-OH is 5. The summed E-state index contributed by atoms with van der Waals surface area (Å²) in [6, 6.07) is 0. The highest BCUT2D eigenvalue weighted by Gasteiger charge is 2.47. The summed E-state index contributed by atoms with van der Waals surface area (Å²) in [5.41, 5.74) is 0. The minimum absolute atomic E-state index is 0.409. The van der Waals surface area contributed by atoms with E-state index in [-0.39, 0.29) is 0 Å². The molecule has 2 heterocycles. The fourth-order valence-corrected chi connectivity index (χ4v) is 2.94. The zero-order valence-electron chi connectivity index (χ0n) is 12.9. The van der Waals surface area contributed by atoms with Gasteiger partial charge in [0.1, 0.15) is 30.5 Å². The van der Waals surface area contributed by atoms with Gasteiger partial charge in [0.05, 0.1) is 24.9 Å². The summed E-state index contributed by atoms with van der Waals surface area (Å²) in [6.45, 7) is 4.53. The zero-order valence-corrected chi connectivity index (χ0v) is 12.9. The van der Waals surface area contributed by atoms with Crippen molar-refractivity contribution >= 4 is 0 Å². The summed E-state index contributed by atoms with van der Waals surface area (Å²) in [5.74, 6) is -0.515. The van der Waals surface area contributed by atoms with Gasteiger partial charge in [0.15, 0.2) is 6.29 Å². The van der Waals surface area contributed by atoms with E-state index in [0.29, 0.717) is 0 Å². The van der Waals surface area contributed by atoms with Crippen LogP contribution in [0, 0.1) is 5.92 Å². The van der Waals surface area contributed by atoms with Crippen molar-refractivity contribution in [3.63, 3.8) is 0 Å². The number of hydrogen-bond donors (Lipinski definition) is 5. The van der Waals surface area contributed by atoms with Crippen LogP contribution < -0.4 is 0 Å². The average Bonchev–Trinajstić information content (AvgIpc) is 2.49. The van der Waals surface area contributed by atoms with Crippen LogP contribution in [-0.2, 0) is 14.2 Å². The second kappa shape index (κ2) is 7.06. The third-order valence-corrected chi connectivity index (χ3v) is 4.54. The number of aliphatic hydroxyl groups is 5. The van der Waals surface area contributed by atoms with E-state index in [1.54, 1.807) is 20.8 Å². The highest BCUT2D eigenvalue weighted by Crippen LogP contribution is 2.31. The normalized spacial score (nSPS) is 53.5. The third-order valence-electron chi connectivity index (χ3n) is 4.54. The molecule has 10 atom stereocenters. The second-order valence-electron chi connectivity index (χ2n) is 6.19. The molecule has 2 saturated heterocycles. The average molecular weight is 322 g/mol. The third kappa shape index (κ3) is 3.29. The topological polar surface area (TPSA) is 129 Å². The fourth-order valence-electron chi connectivity index (χ4n) is 2.94. The summed E-state index contributed by atoms with van der Waals surface area (Å²) >= 11 is 0. The van der Waals surface area contributed by atoms with Gasteiger partial charge < -0.3 is 39.7 Å². The molecular formula is C14H26O8. The van der Waals surface area contributed by atoms with Crippen molar-refractivity contribution in [1.29, 1.82) is 0 Å². The minimum atomic E-state index is -1.28. The molecule has 2 fully saturated rings. The van der Waals surface area contributed by atoms with Gasteiger partial charge >= 0.3 is 0 Å². The number of rotatable bonds is 3. The Hall–Kier alpha value is -0.320. The van der Waals surface area contributed by atoms with Crippen molar-refractivity contribution in [2.24, 2.45) is 5.92 Å². The Morgan fingerprint density at radius 2 is 1.45 bits per heavy atom. The first-order valence-electron chi connectivity index (χ1n) is 7.57. The van der Waals surface area contributed by atoms with Gasteiger partial charge in [-0.25, -0.2) is 0 Å². The van der Waals surface area contributed by atoms with Crippen LogP contribution in [0.1, 0.15) is 20.8 Å². The van der Waals surface area contributed by atoms with Crippen LogP contribution in [0.15, 0.2) is 0 Å². The lowest BCUT2D eigenvalue weighted by Gasteiger charge is -2.46. The van der Waals surface area contributed by atoms with E-state index in [4.69, 9.17) is 19.3 Å². The Morgan fingerprint density at radius 1 is 0.818 bits per heavy atom. The molecule has 8 heteroatoms. The lowest BCUT2D eigenvalue weighted by molar-refractivity contribution is -0.323. The van der Waals surface area contributed by atoms with Gasteiger partial charge in [-0.1, -0.05) is 6.92 Å². The molecule has 0 radical (unpaired) electrons. The van der Waals surface area contributed by atoms with E-state index in [2.05, 4.69) is 0 Å². The monoisotopic (exact) mass is 322 g/mol. The Labute approximate surface area is 129 Å². The van der Waals surface area contributed by atoms with Crippen LogP contribution in [0.4, 0.5) is 0 Å². The zero-order chi connectivity index (χ0) is 16.6. The minimum Gasteiger partial charge on any atom is -0.394 e. The maximum atomic E-state index is 10.2. The quantitative estimate of drug-likeness (QED) is 0.403. The van der Waals surface area contributed by atoms with Crippen LogP contribution in [0.2, 0.25) is 0 Å². The molecule has 130 valence electrons. The summed E-state index contributed by atoms with van der Waals surface area (Å²) in [4.78, 5) is 0. The molecule has 2 aliphatic rings. The molecule has 0 amide bonds. The molecular weight excluding hydrogens is 296 g/mol. The van der Waals surface area contributed by atoms with Gasteiger partial charge in [-0.05, 0) is 13.8 Å². The Bertz CT molecular complexity index is 367. The van der Waals surface area contributed by atoms with Crippen LogP contribution in [0.3, 0.4) is 0 Å². The lowest BCUT2D eigenvalue weighted by atomic mass is 9.92. The molecule has 0 spiro atoms. The first-order valence-corrected chi connectivity index (χ1v) is 7.57. The molecule has 0 aromatic heterocycles. The van der Waals surface area contributed by atoms with Crippen molar-refractivity contribution in [2.75, 3.05) is 6.61 Å². The van der Waals surface area contributed by atoms with E-state index in [9.17, 15) is 20.4 Å². The molecule has 0 saturated carbocycles. The molecule has 8 nitrogen and oxygen atoms in total. The molecule has 2 aliphatic heterocycles. The predicted octanol–water partition coefficient (Wildman–Crippen LogP) is -2.02. The summed E-state index contributed by atoms with van der Waals surface area (Å²) in [7, 11) is 0. The maximum Gasteiger partial charge on any atom is 0.163 e. The molecule has 0 bridgehead atoms. The van der Waals surface area contributed by atoms with Gasteiger partial charge in [-0.3, -0.25) is 0 Å². The van der Waals surface area contributed by atoms with E-state index >= 15 is 0 Å². The predicted molar refractivity (Wildman–Crippen MR) is 73.8 cm³/mol. The Morgan fingerprint density at radius 3 is 2.05 bits per heavy atom. The largest absolute Gasteiger partial charge is 0.394 e. The molecule has 0 aromatic rings. The van der Waals surface area contributed by atoms with Gasteiger partial charge in [0.25, 0.3) is 0 Å². The fraction of sp³-hybridized carbons (Fsp3) is 1.00. The van der Waals surface area contributed by atoms with Crippen molar-refractivity contribution in [2.45, 2.75) is 75.9 Å². The summed E-state index contributed by atoms with van der Waals surface area (Å²) in [5, 5.41) is 49.0. The molecule has 6 unspecified atom stereocenters. The van der Waals surface area contributed by atoms with Crippen molar-refractivity contribution in [3.8, 4) is 0 Å². The molecule has 2 rings (SSSR count). The number of hydrogen-bond acceptors (Lipinski definition) is 8. The first-order chi connectivity index (χ1) is 10.3. The highest BCUT2D eigenvalue weighted by atomic mass is 16.7. The second-order valence-corrected chi connectivity index (χ2v) is 6.19. The van der Waals surface area contributed by atoms with Crippen molar-refractivity contribution in [1.82, 2.24) is 0 Å². The van der Waals surface area contributed by atoms with E-state index in [0.717, 1.165) is 0 Å². The van der Waals surface area contributed by atoms with Crippen LogP contribution in [-0.4, -0.2) is 87.3 Å². The van der Waals surface area contributed by atoms with E-state index in [1.807, 2.05) is 0 Å². The number of ether oxygens (including phenoxy) is 3. The van der Waals surface area contributed by atoms with Gasteiger partial charge in [-0.2, -0.15) is 0 Å². The maximum absolute atomic E-state index is 10.2. The van der Waals surface area contributed by atoms with Gasteiger partial charge in [0, 0.05) is 5.92 Å². The standard InChI is InChI=1S/C14H26O8/c1-5-9(16)10(17)6(2)21-14(5)22-13-7(3)20-8(4-15)11(18)12(13)19/h5-19H,4H2,1-3H3/t5?,6?,7-,8?,9?,10+,11-,12?,13?,14-/m0/s1. The SMILES string of the molecule is CC1C(O)[C@H](O)C(C)O[C@H]1OC1C(O)[C@@H](O)C(CO)O[C@H]1C. The molecule has 5 N–H and O–H groups in total. The summed E-state index contributed by atoms with van der Waals surface area (Å²) < 4.78 is 16.7. The van der Waals surface area contributed by atoms with Crippen LogP contribution in [0.5, 0.6) is 0 Å². The lowest BCUT2D eigenvalue weighted by Crippen LogP contribution is -2.61. The first kappa shape index (κ1) is 18.0. The smallest absolute Gasteiger partial charge is 0.163 e. The van der Waals surface area contributed by atoms with E-state index in [1.165, 1.54) is 0 Å². The van der Waals surface area contributed by atoms with Crippen molar-refractivity contribution in [3.05, 3.63) is 0 Å².